The lowest BCUT2D eigenvalue weighted by atomic mass is 9.96. The van der Waals surface area contributed by atoms with Crippen LogP contribution in [0.3, 0.4) is 0 Å². The highest BCUT2D eigenvalue weighted by atomic mass is 16.2. The molecule has 1 aliphatic heterocycles. The van der Waals surface area contributed by atoms with Gasteiger partial charge in [-0.25, -0.2) is 4.98 Å². The summed E-state index contributed by atoms with van der Waals surface area (Å²) in [4.78, 5) is 30.7. The van der Waals surface area contributed by atoms with Crippen molar-refractivity contribution in [3.8, 4) is 0 Å². The number of carbonyl (C=O) groups excluding carboxylic acids is 2. The third-order valence-corrected chi connectivity index (χ3v) is 4.41. The molecule has 0 aromatic carbocycles. The van der Waals surface area contributed by atoms with Crippen LogP contribution in [0.25, 0.3) is 0 Å². The Bertz CT molecular complexity index is 610. The first-order valence-corrected chi connectivity index (χ1v) is 9.02. The molecule has 2 rings (SSSR count). The minimum atomic E-state index is -0.427. The highest BCUT2D eigenvalue weighted by Gasteiger charge is 2.28. The number of carbonyl (C=O) groups is 2. The van der Waals surface area contributed by atoms with Crippen LogP contribution in [0.2, 0.25) is 0 Å². The number of aryl methyl sites for hydroxylation is 1. The van der Waals surface area contributed by atoms with Gasteiger partial charge in [0.25, 0.3) is 0 Å². The van der Waals surface area contributed by atoms with Crippen molar-refractivity contribution in [2.45, 2.75) is 53.0 Å². The van der Waals surface area contributed by atoms with Gasteiger partial charge in [-0.2, -0.15) is 0 Å². The largest absolute Gasteiger partial charge is 0.368 e. The van der Waals surface area contributed by atoms with E-state index in [1.807, 2.05) is 50.8 Å². The lowest BCUT2D eigenvalue weighted by Crippen LogP contribution is -2.42. The molecule has 0 spiro atoms. The number of pyridine rings is 1. The average Bonchev–Trinajstić information content (AvgIpc) is 3.00. The molecular weight excluding hydrogens is 316 g/mol. The third-order valence-electron chi connectivity index (χ3n) is 4.41. The van der Waals surface area contributed by atoms with Crippen molar-refractivity contribution in [1.29, 1.82) is 0 Å². The lowest BCUT2D eigenvalue weighted by molar-refractivity contribution is -0.132. The number of hydrogen-bond acceptors (Lipinski definition) is 4. The van der Waals surface area contributed by atoms with E-state index in [0.29, 0.717) is 19.5 Å². The van der Waals surface area contributed by atoms with E-state index >= 15 is 0 Å². The van der Waals surface area contributed by atoms with E-state index in [2.05, 4.69) is 15.6 Å². The Morgan fingerprint density at radius 3 is 2.76 bits per heavy atom. The fourth-order valence-electron chi connectivity index (χ4n) is 2.93. The van der Waals surface area contributed by atoms with Gasteiger partial charge in [-0.05, 0) is 31.9 Å². The molecule has 1 aromatic heterocycles. The molecule has 1 saturated heterocycles. The summed E-state index contributed by atoms with van der Waals surface area (Å²) >= 11 is 0. The van der Waals surface area contributed by atoms with E-state index in [1.165, 1.54) is 0 Å². The van der Waals surface area contributed by atoms with E-state index in [4.69, 9.17) is 0 Å². The summed E-state index contributed by atoms with van der Waals surface area (Å²) in [6.07, 6.45) is 2.37. The topological polar surface area (TPSA) is 74.3 Å². The first kappa shape index (κ1) is 19.2. The van der Waals surface area contributed by atoms with Crippen molar-refractivity contribution < 1.29 is 9.59 Å². The van der Waals surface area contributed by atoms with E-state index in [9.17, 15) is 9.59 Å². The summed E-state index contributed by atoms with van der Waals surface area (Å²) in [5.41, 5.74) is 0.545. The van der Waals surface area contributed by atoms with Gasteiger partial charge in [-0.1, -0.05) is 26.8 Å². The van der Waals surface area contributed by atoms with Gasteiger partial charge in [0, 0.05) is 43.2 Å². The average molecular weight is 346 g/mol. The Labute approximate surface area is 150 Å². The molecule has 6 nitrogen and oxygen atoms in total. The normalized spacial score (nSPS) is 17.4. The fraction of sp³-hybridized carbons (Fsp3) is 0.632. The van der Waals surface area contributed by atoms with Gasteiger partial charge in [0.2, 0.25) is 11.8 Å². The van der Waals surface area contributed by atoms with Crippen LogP contribution in [0.15, 0.2) is 18.2 Å². The van der Waals surface area contributed by atoms with Crippen LogP contribution in [0.1, 0.15) is 45.7 Å². The van der Waals surface area contributed by atoms with Crippen LogP contribution < -0.4 is 10.6 Å². The molecule has 2 heterocycles. The number of nitrogens with one attached hydrogen (secondary N) is 2. The van der Waals surface area contributed by atoms with Crippen molar-refractivity contribution >= 4 is 17.6 Å². The van der Waals surface area contributed by atoms with Crippen molar-refractivity contribution in [2.24, 2.45) is 5.41 Å². The maximum atomic E-state index is 12.5. The number of amides is 2. The number of anilines is 1. The molecule has 0 radical (unpaired) electrons. The molecule has 0 unspecified atom stereocenters. The monoisotopic (exact) mass is 346 g/mol. The van der Waals surface area contributed by atoms with Gasteiger partial charge in [0.1, 0.15) is 5.82 Å². The van der Waals surface area contributed by atoms with Crippen molar-refractivity contribution in [3.63, 3.8) is 0 Å². The van der Waals surface area contributed by atoms with Crippen LogP contribution >= 0.6 is 0 Å². The maximum Gasteiger partial charge on any atom is 0.225 e. The standard InChI is InChI=1S/C19H30N4O2/c1-14-7-5-9-16(22-14)21-13-15-8-6-12-23(15)17(24)10-11-20-18(25)19(2,3)4/h5,7,9,15H,6,8,10-13H2,1-4H3,(H,20,25)(H,21,22)/t15-/m0/s1. The SMILES string of the molecule is Cc1cccc(NC[C@@H]2CCCN2C(=O)CCNC(=O)C(C)(C)C)n1. The van der Waals surface area contributed by atoms with Gasteiger partial charge in [0.15, 0.2) is 0 Å². The van der Waals surface area contributed by atoms with Crippen molar-refractivity contribution in [2.75, 3.05) is 25.0 Å². The van der Waals surface area contributed by atoms with E-state index in [0.717, 1.165) is 30.9 Å². The molecule has 0 aliphatic carbocycles. The van der Waals surface area contributed by atoms with E-state index in [-0.39, 0.29) is 17.9 Å². The Morgan fingerprint density at radius 2 is 2.08 bits per heavy atom. The van der Waals surface area contributed by atoms with Gasteiger partial charge in [-0.3, -0.25) is 9.59 Å². The quantitative estimate of drug-likeness (QED) is 0.829. The predicted molar refractivity (Wildman–Crippen MR) is 99.3 cm³/mol. The van der Waals surface area contributed by atoms with Crippen LogP contribution in [-0.4, -0.2) is 47.4 Å². The van der Waals surface area contributed by atoms with Crippen LogP contribution in [0.5, 0.6) is 0 Å². The summed E-state index contributed by atoms with van der Waals surface area (Å²) < 4.78 is 0. The number of aromatic nitrogens is 1. The van der Waals surface area contributed by atoms with Crippen LogP contribution in [0, 0.1) is 12.3 Å². The summed E-state index contributed by atoms with van der Waals surface area (Å²) in [5, 5.41) is 6.18. The minimum Gasteiger partial charge on any atom is -0.368 e. The number of nitrogens with zero attached hydrogens (tertiary/aromatic N) is 2. The summed E-state index contributed by atoms with van der Waals surface area (Å²) in [6, 6.07) is 6.06. The molecule has 6 heteroatoms. The van der Waals surface area contributed by atoms with Crippen molar-refractivity contribution in [3.05, 3.63) is 23.9 Å². The zero-order valence-electron chi connectivity index (χ0n) is 15.8. The number of hydrogen-bond donors (Lipinski definition) is 2. The highest BCUT2D eigenvalue weighted by molar-refractivity contribution is 5.82. The van der Waals surface area contributed by atoms with Crippen LogP contribution in [-0.2, 0) is 9.59 Å². The molecule has 1 fully saturated rings. The van der Waals surface area contributed by atoms with Gasteiger partial charge >= 0.3 is 0 Å². The first-order chi connectivity index (χ1) is 11.8. The Morgan fingerprint density at radius 1 is 1.32 bits per heavy atom. The molecule has 1 aromatic rings. The second-order valence-electron chi connectivity index (χ2n) is 7.68. The number of likely N-dealkylation sites (tertiary alicyclic amines) is 1. The fourth-order valence-corrected chi connectivity index (χ4v) is 2.93. The Balaban J connectivity index is 1.79. The molecule has 0 bridgehead atoms. The maximum absolute atomic E-state index is 12.5. The smallest absolute Gasteiger partial charge is 0.225 e. The zero-order chi connectivity index (χ0) is 18.4. The molecule has 1 aliphatic rings. The second-order valence-corrected chi connectivity index (χ2v) is 7.68. The minimum absolute atomic E-state index is 0.0227. The van der Waals surface area contributed by atoms with E-state index < -0.39 is 5.41 Å². The third kappa shape index (κ3) is 5.73. The first-order valence-electron chi connectivity index (χ1n) is 9.02. The van der Waals surface area contributed by atoms with Gasteiger partial charge in [-0.15, -0.1) is 0 Å². The van der Waals surface area contributed by atoms with Crippen molar-refractivity contribution in [1.82, 2.24) is 15.2 Å². The molecule has 1 atom stereocenters. The van der Waals surface area contributed by atoms with Gasteiger partial charge < -0.3 is 15.5 Å². The predicted octanol–water partition coefficient (Wildman–Crippen LogP) is 2.35. The second kappa shape index (κ2) is 8.32. The molecule has 2 N–H and O–H groups in total. The Hall–Kier alpha value is -2.11. The summed E-state index contributed by atoms with van der Waals surface area (Å²) in [5.74, 6) is 0.929. The van der Waals surface area contributed by atoms with Gasteiger partial charge in [0.05, 0.1) is 0 Å². The summed E-state index contributed by atoms with van der Waals surface area (Å²) in [7, 11) is 0. The molecular formula is C19H30N4O2. The highest BCUT2D eigenvalue weighted by Crippen LogP contribution is 2.19. The van der Waals surface area contributed by atoms with Crippen LogP contribution in [0.4, 0.5) is 5.82 Å². The molecule has 138 valence electrons. The molecule has 0 saturated carbocycles. The lowest BCUT2D eigenvalue weighted by Gasteiger charge is -2.25. The number of rotatable bonds is 6. The molecule has 25 heavy (non-hydrogen) atoms. The Kier molecular flexibility index (Phi) is 6.39. The zero-order valence-corrected chi connectivity index (χ0v) is 15.8. The van der Waals surface area contributed by atoms with E-state index in [1.54, 1.807) is 0 Å². The molecule has 2 amide bonds. The summed E-state index contributed by atoms with van der Waals surface area (Å²) in [6.45, 7) is 9.45.